The van der Waals surface area contributed by atoms with Gasteiger partial charge in [0.15, 0.2) is 0 Å². The maximum Gasteiger partial charge on any atom is 0.410 e. The molecule has 0 spiro atoms. The van der Waals surface area contributed by atoms with Gasteiger partial charge in [0, 0.05) is 18.5 Å². The van der Waals surface area contributed by atoms with Crippen molar-refractivity contribution in [1.29, 1.82) is 0 Å². The van der Waals surface area contributed by atoms with E-state index in [1.807, 2.05) is 37.3 Å². The molecule has 0 aliphatic carbocycles. The van der Waals surface area contributed by atoms with Crippen molar-refractivity contribution in [3.05, 3.63) is 35.9 Å². The van der Waals surface area contributed by atoms with Crippen LogP contribution in [0.4, 0.5) is 4.79 Å². The number of hydrogen-bond acceptors (Lipinski definition) is 4. The molecule has 0 N–H and O–H groups in total. The molecule has 1 amide bonds. The van der Waals surface area contributed by atoms with Crippen molar-refractivity contribution in [3.8, 4) is 0 Å². The Morgan fingerprint density at radius 3 is 2.73 bits per heavy atom. The molecule has 0 radical (unpaired) electrons. The van der Waals surface area contributed by atoms with Crippen LogP contribution < -0.4 is 0 Å². The topological polar surface area (TPSA) is 48.0 Å². The average Bonchev–Trinajstić information content (AvgIpc) is 2.82. The van der Waals surface area contributed by atoms with Crippen LogP contribution in [-0.2, 0) is 21.1 Å². The summed E-state index contributed by atoms with van der Waals surface area (Å²) in [7, 11) is 0. The van der Waals surface area contributed by atoms with Crippen molar-refractivity contribution in [2.45, 2.75) is 27.4 Å². The zero-order valence-corrected chi connectivity index (χ0v) is 13.6. The van der Waals surface area contributed by atoms with Crippen LogP contribution in [0, 0.1) is 11.3 Å². The Bertz CT molecular complexity index is 479. The zero-order valence-electron chi connectivity index (χ0n) is 13.6. The lowest BCUT2D eigenvalue weighted by atomic mass is 9.82. The minimum Gasteiger partial charge on any atom is -0.445 e. The summed E-state index contributed by atoms with van der Waals surface area (Å²) in [5.74, 6) is 0.331. The van der Waals surface area contributed by atoms with E-state index >= 15 is 0 Å². The second kappa shape index (κ2) is 7.61. The van der Waals surface area contributed by atoms with Crippen molar-refractivity contribution < 1.29 is 19.3 Å². The van der Waals surface area contributed by atoms with Crippen LogP contribution in [0.1, 0.15) is 26.3 Å². The number of nitrogens with zero attached hydrogens (tertiary/aromatic N) is 1. The molecule has 0 bridgehead atoms. The third-order valence-electron chi connectivity index (χ3n) is 4.29. The standard InChI is InChI=1S/C17H25NO4/c1-4-21-22-13-17(3)12-18(10-14(17)2)16(19)20-11-15-8-6-5-7-9-15/h5-9,14H,4,10-13H2,1-3H3/t14-,17+/m1/s1. The van der Waals surface area contributed by atoms with Gasteiger partial charge in [0.2, 0.25) is 0 Å². The Kier molecular flexibility index (Phi) is 5.80. The summed E-state index contributed by atoms with van der Waals surface area (Å²) in [5, 5.41) is 0. The highest BCUT2D eigenvalue weighted by molar-refractivity contribution is 5.68. The fraction of sp³-hybridized carbons (Fsp3) is 0.588. The zero-order chi connectivity index (χ0) is 16.0. The molecular formula is C17H25NO4. The molecule has 22 heavy (non-hydrogen) atoms. The maximum absolute atomic E-state index is 12.2. The lowest BCUT2D eigenvalue weighted by Crippen LogP contribution is -2.34. The number of ether oxygens (including phenoxy) is 1. The first-order valence-electron chi connectivity index (χ1n) is 7.75. The molecule has 0 unspecified atom stereocenters. The fourth-order valence-electron chi connectivity index (χ4n) is 2.60. The summed E-state index contributed by atoms with van der Waals surface area (Å²) < 4.78 is 5.39. The number of amides is 1. The summed E-state index contributed by atoms with van der Waals surface area (Å²) >= 11 is 0. The molecule has 2 atom stereocenters. The third-order valence-corrected chi connectivity index (χ3v) is 4.29. The molecule has 5 nitrogen and oxygen atoms in total. The van der Waals surface area contributed by atoms with E-state index in [2.05, 4.69) is 13.8 Å². The van der Waals surface area contributed by atoms with E-state index < -0.39 is 0 Å². The first-order valence-corrected chi connectivity index (χ1v) is 7.75. The summed E-state index contributed by atoms with van der Waals surface area (Å²) in [5.41, 5.74) is 0.881. The Morgan fingerprint density at radius 2 is 2.05 bits per heavy atom. The molecule has 1 aromatic carbocycles. The van der Waals surface area contributed by atoms with Gasteiger partial charge in [-0.1, -0.05) is 44.2 Å². The van der Waals surface area contributed by atoms with Crippen LogP contribution in [0.15, 0.2) is 30.3 Å². The second-order valence-corrected chi connectivity index (χ2v) is 6.14. The van der Waals surface area contributed by atoms with Crippen LogP contribution in [0.5, 0.6) is 0 Å². The highest BCUT2D eigenvalue weighted by atomic mass is 17.2. The average molecular weight is 307 g/mol. The quantitative estimate of drug-likeness (QED) is 0.460. The van der Waals surface area contributed by atoms with Gasteiger partial charge >= 0.3 is 6.09 Å². The first-order chi connectivity index (χ1) is 10.5. The molecule has 1 saturated heterocycles. The van der Waals surface area contributed by atoms with Crippen LogP contribution >= 0.6 is 0 Å². The number of rotatable bonds is 6. The van der Waals surface area contributed by atoms with Crippen molar-refractivity contribution in [3.63, 3.8) is 0 Å². The van der Waals surface area contributed by atoms with Gasteiger partial charge in [-0.3, -0.25) is 0 Å². The molecular weight excluding hydrogens is 282 g/mol. The Balaban J connectivity index is 1.84. The molecule has 5 heteroatoms. The number of hydrogen-bond donors (Lipinski definition) is 0. The third kappa shape index (κ3) is 4.21. The van der Waals surface area contributed by atoms with Gasteiger partial charge < -0.3 is 9.64 Å². The Hall–Kier alpha value is -1.59. The highest BCUT2D eigenvalue weighted by Gasteiger charge is 2.43. The van der Waals surface area contributed by atoms with Gasteiger partial charge in [-0.05, 0) is 18.4 Å². The van der Waals surface area contributed by atoms with E-state index in [-0.39, 0.29) is 11.5 Å². The van der Waals surface area contributed by atoms with E-state index in [0.717, 1.165) is 5.56 Å². The molecule has 1 aliphatic heterocycles. The molecule has 1 fully saturated rings. The summed E-state index contributed by atoms with van der Waals surface area (Å²) in [6, 6.07) is 9.70. The Morgan fingerprint density at radius 1 is 1.32 bits per heavy atom. The summed E-state index contributed by atoms with van der Waals surface area (Å²) in [4.78, 5) is 24.2. The largest absolute Gasteiger partial charge is 0.445 e. The highest BCUT2D eigenvalue weighted by Crippen LogP contribution is 2.36. The molecule has 122 valence electrons. The molecule has 1 aromatic rings. The predicted molar refractivity (Wildman–Crippen MR) is 83.0 cm³/mol. The number of carbonyl (C=O) groups excluding carboxylic acids is 1. The molecule has 0 aromatic heterocycles. The smallest absolute Gasteiger partial charge is 0.410 e. The van der Waals surface area contributed by atoms with E-state index in [1.54, 1.807) is 4.90 Å². The lowest BCUT2D eigenvalue weighted by Gasteiger charge is -2.26. The number of benzene rings is 1. The van der Waals surface area contributed by atoms with Gasteiger partial charge in [-0.15, -0.1) is 0 Å². The van der Waals surface area contributed by atoms with Crippen molar-refractivity contribution in [2.75, 3.05) is 26.3 Å². The lowest BCUT2D eigenvalue weighted by molar-refractivity contribution is -0.307. The van der Waals surface area contributed by atoms with E-state index in [4.69, 9.17) is 14.5 Å². The van der Waals surface area contributed by atoms with E-state index in [0.29, 0.717) is 38.8 Å². The van der Waals surface area contributed by atoms with E-state index in [1.165, 1.54) is 0 Å². The minimum atomic E-state index is -0.268. The number of likely N-dealkylation sites (tertiary alicyclic amines) is 1. The summed E-state index contributed by atoms with van der Waals surface area (Å²) in [6.07, 6.45) is -0.268. The van der Waals surface area contributed by atoms with Gasteiger partial charge in [-0.25, -0.2) is 14.6 Å². The molecule has 2 rings (SSSR count). The van der Waals surface area contributed by atoms with Crippen molar-refractivity contribution in [1.82, 2.24) is 4.90 Å². The van der Waals surface area contributed by atoms with Crippen LogP contribution in [-0.4, -0.2) is 37.3 Å². The number of carbonyl (C=O) groups is 1. The van der Waals surface area contributed by atoms with E-state index in [9.17, 15) is 4.79 Å². The van der Waals surface area contributed by atoms with Crippen molar-refractivity contribution in [2.24, 2.45) is 11.3 Å². The molecule has 1 heterocycles. The maximum atomic E-state index is 12.2. The fourth-order valence-corrected chi connectivity index (χ4v) is 2.60. The van der Waals surface area contributed by atoms with Gasteiger partial charge in [0.1, 0.15) is 6.61 Å². The van der Waals surface area contributed by atoms with Crippen LogP contribution in [0.2, 0.25) is 0 Å². The Labute approximate surface area is 132 Å². The monoisotopic (exact) mass is 307 g/mol. The first kappa shape index (κ1) is 16.8. The van der Waals surface area contributed by atoms with Crippen LogP contribution in [0.25, 0.3) is 0 Å². The van der Waals surface area contributed by atoms with Crippen LogP contribution in [0.3, 0.4) is 0 Å². The SMILES string of the molecule is CCOOC[C@]1(C)CN(C(=O)OCc2ccccc2)C[C@H]1C. The van der Waals surface area contributed by atoms with Gasteiger partial charge in [0.05, 0.1) is 13.2 Å². The molecule has 1 aliphatic rings. The summed E-state index contributed by atoms with van der Waals surface area (Å²) in [6.45, 7) is 8.72. The second-order valence-electron chi connectivity index (χ2n) is 6.14. The van der Waals surface area contributed by atoms with Gasteiger partial charge in [0.25, 0.3) is 0 Å². The van der Waals surface area contributed by atoms with Crippen molar-refractivity contribution >= 4 is 6.09 Å². The normalized spacial score (nSPS) is 24.5. The molecule has 0 saturated carbocycles. The predicted octanol–water partition coefficient (Wildman–Crippen LogP) is 3.25. The van der Waals surface area contributed by atoms with Gasteiger partial charge in [-0.2, -0.15) is 0 Å². The minimum absolute atomic E-state index is 0.110.